The van der Waals surface area contributed by atoms with Gasteiger partial charge in [0, 0.05) is 11.8 Å². The molecule has 0 atom stereocenters. The molecule has 156 valence electrons. The molecular formula is C19H21FN2O6S. The fraction of sp³-hybridized carbons (Fsp3) is 0.316. The van der Waals surface area contributed by atoms with Gasteiger partial charge in [-0.3, -0.25) is 4.79 Å². The third kappa shape index (κ3) is 4.37. The minimum Gasteiger partial charge on any atom is -0.506 e. The second kappa shape index (κ2) is 8.16. The number of benzene rings is 2. The third-order valence-electron chi connectivity index (χ3n) is 4.45. The topological polar surface area (TPSA) is 116 Å². The zero-order chi connectivity index (χ0) is 21.2. The summed E-state index contributed by atoms with van der Waals surface area (Å²) in [5, 5.41) is 20.1. The summed E-state index contributed by atoms with van der Waals surface area (Å²) in [6.07, 6.45) is 3.00. The first-order valence-electron chi connectivity index (χ1n) is 9.05. The smallest absolute Gasteiger partial charge is 0.330 e. The standard InChI is InChI=1S/C19H21FN2O6S/c1-2-28-17(25)6-4-3-5-12-7-8-13-10-15(23)19(18(20)14(13)9-12)22-11-16(24)21-29(22,26)27/h7-11,21,23-24H,2-6H2,1H3. The summed E-state index contributed by atoms with van der Waals surface area (Å²) in [5.74, 6) is -2.44. The number of aliphatic hydroxyl groups excluding tert-OH is 1. The largest absolute Gasteiger partial charge is 0.506 e. The van der Waals surface area contributed by atoms with Crippen LogP contribution in [0.15, 0.2) is 36.3 Å². The number of unbranched alkanes of at least 4 members (excludes halogenated alkanes) is 1. The Balaban J connectivity index is 1.86. The average Bonchev–Trinajstić information content (AvgIpc) is 2.91. The minimum absolute atomic E-state index is 0.135. The fourth-order valence-electron chi connectivity index (χ4n) is 3.14. The van der Waals surface area contributed by atoms with Gasteiger partial charge in [-0.25, -0.2) is 13.4 Å². The first-order chi connectivity index (χ1) is 13.7. The Morgan fingerprint density at radius 3 is 2.66 bits per heavy atom. The van der Waals surface area contributed by atoms with Crippen LogP contribution in [0.25, 0.3) is 10.8 Å². The number of esters is 1. The molecule has 0 amide bonds. The summed E-state index contributed by atoms with van der Waals surface area (Å²) < 4.78 is 46.4. The molecule has 2 aromatic rings. The molecule has 3 rings (SSSR count). The zero-order valence-electron chi connectivity index (χ0n) is 15.7. The van der Waals surface area contributed by atoms with Crippen molar-refractivity contribution in [1.82, 2.24) is 4.72 Å². The number of hydrogen-bond donors (Lipinski definition) is 3. The van der Waals surface area contributed by atoms with Crippen LogP contribution in [0.5, 0.6) is 5.75 Å². The average molecular weight is 424 g/mol. The summed E-state index contributed by atoms with van der Waals surface area (Å²) in [4.78, 5) is 11.4. The normalized spacial score (nSPS) is 15.2. The first-order valence-corrected chi connectivity index (χ1v) is 10.5. The van der Waals surface area contributed by atoms with Gasteiger partial charge in [0.05, 0.1) is 12.8 Å². The fourth-order valence-corrected chi connectivity index (χ4v) is 4.21. The Morgan fingerprint density at radius 1 is 1.24 bits per heavy atom. The lowest BCUT2D eigenvalue weighted by Crippen LogP contribution is -2.30. The van der Waals surface area contributed by atoms with Gasteiger partial charge in [-0.15, -0.1) is 0 Å². The number of fused-ring (bicyclic) bond motifs is 1. The number of nitrogens with zero attached hydrogens (tertiary/aromatic N) is 1. The van der Waals surface area contributed by atoms with E-state index in [1.807, 2.05) is 4.72 Å². The van der Waals surface area contributed by atoms with Crippen molar-refractivity contribution in [3.63, 3.8) is 0 Å². The summed E-state index contributed by atoms with van der Waals surface area (Å²) in [7, 11) is -4.25. The van der Waals surface area contributed by atoms with Gasteiger partial charge in [0.15, 0.2) is 5.82 Å². The highest BCUT2D eigenvalue weighted by Gasteiger charge is 2.33. The molecule has 0 aromatic heterocycles. The number of rotatable bonds is 7. The molecule has 1 heterocycles. The number of anilines is 1. The lowest BCUT2D eigenvalue weighted by Gasteiger charge is -2.17. The van der Waals surface area contributed by atoms with E-state index < -0.39 is 33.3 Å². The molecule has 1 aliphatic rings. The molecule has 3 N–H and O–H groups in total. The van der Waals surface area contributed by atoms with Gasteiger partial charge in [-0.2, -0.15) is 8.42 Å². The monoisotopic (exact) mass is 424 g/mol. The number of aliphatic hydroxyl groups is 1. The number of phenolic OH excluding ortho intramolecular Hbond substituents is 1. The molecule has 8 nitrogen and oxygen atoms in total. The molecule has 0 fully saturated rings. The predicted octanol–water partition coefficient (Wildman–Crippen LogP) is 2.97. The zero-order valence-corrected chi connectivity index (χ0v) is 16.5. The number of aromatic hydroxyl groups is 1. The van der Waals surface area contributed by atoms with Crippen molar-refractivity contribution in [1.29, 1.82) is 0 Å². The summed E-state index contributed by atoms with van der Waals surface area (Å²) >= 11 is 0. The van der Waals surface area contributed by atoms with Crippen LogP contribution in [0.4, 0.5) is 10.1 Å². The Bertz CT molecular complexity index is 1080. The Morgan fingerprint density at radius 2 is 2.00 bits per heavy atom. The van der Waals surface area contributed by atoms with Gasteiger partial charge < -0.3 is 14.9 Å². The maximum Gasteiger partial charge on any atom is 0.330 e. The molecule has 29 heavy (non-hydrogen) atoms. The Hall–Kier alpha value is -3.01. The number of phenols is 1. The van der Waals surface area contributed by atoms with Gasteiger partial charge in [0.25, 0.3) is 0 Å². The van der Waals surface area contributed by atoms with Crippen LogP contribution in [-0.2, 0) is 26.2 Å². The van der Waals surface area contributed by atoms with Crippen molar-refractivity contribution in [2.75, 3.05) is 10.9 Å². The second-order valence-electron chi connectivity index (χ2n) is 6.54. The van der Waals surface area contributed by atoms with Gasteiger partial charge >= 0.3 is 16.2 Å². The third-order valence-corrected chi connectivity index (χ3v) is 5.72. The van der Waals surface area contributed by atoms with E-state index in [2.05, 4.69) is 0 Å². The quantitative estimate of drug-likeness (QED) is 0.465. The number of halogens is 1. The lowest BCUT2D eigenvalue weighted by molar-refractivity contribution is -0.143. The number of nitrogens with one attached hydrogen (secondary N) is 1. The van der Waals surface area contributed by atoms with Gasteiger partial charge in [0.1, 0.15) is 11.4 Å². The minimum atomic E-state index is -4.25. The van der Waals surface area contributed by atoms with Gasteiger partial charge in [-0.1, -0.05) is 12.1 Å². The number of ether oxygens (including phenoxy) is 1. The molecule has 0 aliphatic carbocycles. The lowest BCUT2D eigenvalue weighted by atomic mass is 10.0. The predicted molar refractivity (Wildman–Crippen MR) is 105 cm³/mol. The van der Waals surface area contributed by atoms with Crippen LogP contribution in [0.1, 0.15) is 31.7 Å². The van der Waals surface area contributed by atoms with Gasteiger partial charge in [-0.05, 0) is 49.3 Å². The van der Waals surface area contributed by atoms with E-state index in [4.69, 9.17) is 4.74 Å². The van der Waals surface area contributed by atoms with E-state index in [1.54, 1.807) is 25.1 Å². The van der Waals surface area contributed by atoms with Crippen LogP contribution < -0.4 is 9.03 Å². The Labute approximate surface area is 167 Å². The second-order valence-corrected chi connectivity index (χ2v) is 8.09. The number of aryl methyl sites for hydroxylation is 1. The summed E-state index contributed by atoms with van der Waals surface area (Å²) in [6.45, 7) is 2.08. The highest BCUT2D eigenvalue weighted by Crippen LogP contribution is 2.39. The molecule has 10 heteroatoms. The van der Waals surface area contributed by atoms with E-state index >= 15 is 4.39 Å². The van der Waals surface area contributed by atoms with Crippen LogP contribution in [-0.4, -0.2) is 31.2 Å². The van der Waals surface area contributed by atoms with Crippen molar-refractivity contribution in [3.05, 3.63) is 47.7 Å². The molecule has 0 spiro atoms. The maximum atomic E-state index is 15.1. The van der Waals surface area contributed by atoms with Crippen molar-refractivity contribution >= 4 is 32.6 Å². The summed E-state index contributed by atoms with van der Waals surface area (Å²) in [6, 6.07) is 6.26. The number of carbonyl (C=O) groups is 1. The molecular weight excluding hydrogens is 403 g/mol. The van der Waals surface area contributed by atoms with E-state index in [-0.39, 0.29) is 11.4 Å². The molecule has 1 aliphatic heterocycles. The highest BCUT2D eigenvalue weighted by atomic mass is 32.2. The highest BCUT2D eigenvalue weighted by molar-refractivity contribution is 7.91. The van der Waals surface area contributed by atoms with Crippen molar-refractivity contribution in [3.8, 4) is 5.75 Å². The van der Waals surface area contributed by atoms with E-state index in [0.717, 1.165) is 11.8 Å². The molecule has 0 saturated carbocycles. The van der Waals surface area contributed by atoms with E-state index in [9.17, 15) is 23.4 Å². The molecule has 0 bridgehead atoms. The molecule has 0 radical (unpaired) electrons. The van der Waals surface area contributed by atoms with Gasteiger partial charge in [0.2, 0.25) is 5.88 Å². The van der Waals surface area contributed by atoms with Crippen molar-refractivity contribution < 1.29 is 32.6 Å². The van der Waals surface area contributed by atoms with Crippen LogP contribution in [0, 0.1) is 5.82 Å². The molecule has 0 unspecified atom stereocenters. The van der Waals surface area contributed by atoms with E-state index in [0.29, 0.717) is 42.0 Å². The van der Waals surface area contributed by atoms with Crippen LogP contribution >= 0.6 is 0 Å². The summed E-state index contributed by atoms with van der Waals surface area (Å²) in [5.41, 5.74) is 0.228. The van der Waals surface area contributed by atoms with Crippen molar-refractivity contribution in [2.24, 2.45) is 0 Å². The first kappa shape index (κ1) is 20.7. The molecule has 0 saturated heterocycles. The van der Waals surface area contributed by atoms with E-state index in [1.165, 1.54) is 6.07 Å². The number of hydrogen-bond acceptors (Lipinski definition) is 6. The Kier molecular flexibility index (Phi) is 5.83. The van der Waals surface area contributed by atoms with Crippen molar-refractivity contribution in [2.45, 2.75) is 32.6 Å². The molecule has 2 aromatic carbocycles. The number of carbonyl (C=O) groups excluding carboxylic acids is 1. The van der Waals surface area contributed by atoms with Crippen LogP contribution in [0.3, 0.4) is 0 Å². The SMILES string of the molecule is CCOC(=O)CCCCc1ccc2cc(O)c(N3C=C(O)NS3(=O)=O)c(F)c2c1. The maximum absolute atomic E-state index is 15.1. The van der Waals surface area contributed by atoms with Crippen LogP contribution in [0.2, 0.25) is 0 Å².